The Hall–Kier alpha value is -2.36. The van der Waals surface area contributed by atoms with Crippen molar-refractivity contribution in [1.82, 2.24) is 0 Å². The molecular formula is C20H20N2O5S2. The molecule has 9 heteroatoms. The van der Waals surface area contributed by atoms with Gasteiger partial charge < -0.3 is 14.4 Å². The molecule has 2 atom stereocenters. The molecule has 0 N–H and O–H groups in total. The smallest absolute Gasteiger partial charge is 0.274 e. The minimum absolute atomic E-state index is 0.0461. The molecule has 2 heterocycles. The molecule has 0 spiro atoms. The number of hydrogen-bond acceptors (Lipinski definition) is 6. The summed E-state index contributed by atoms with van der Waals surface area (Å²) in [6.45, 7) is -0.116. The van der Waals surface area contributed by atoms with Crippen molar-refractivity contribution in [2.45, 2.75) is 11.3 Å². The molecule has 0 radical (unpaired) electrons. The van der Waals surface area contributed by atoms with Gasteiger partial charge in [0.05, 0.1) is 17.5 Å². The molecule has 1 amide bonds. The number of aliphatic imine (C=N–C) groups is 1. The number of fused-ring (bicyclic) bond motifs is 1. The molecule has 29 heavy (non-hydrogen) atoms. The van der Waals surface area contributed by atoms with Crippen LogP contribution in [0.3, 0.4) is 0 Å². The van der Waals surface area contributed by atoms with E-state index in [2.05, 4.69) is 4.99 Å². The number of thioether (sulfide) groups is 1. The number of anilines is 1. The van der Waals surface area contributed by atoms with Gasteiger partial charge in [-0.1, -0.05) is 30.0 Å². The Bertz CT molecular complexity index is 1020. The number of carbonyl (C=O) groups excluding carboxylic acids is 1. The van der Waals surface area contributed by atoms with Gasteiger partial charge in [0.2, 0.25) is 0 Å². The monoisotopic (exact) mass is 432 g/mol. The number of ether oxygens (including phenoxy) is 2. The van der Waals surface area contributed by atoms with Crippen LogP contribution in [0.15, 0.2) is 59.6 Å². The van der Waals surface area contributed by atoms with Gasteiger partial charge in [0.15, 0.2) is 15.0 Å². The Morgan fingerprint density at radius 3 is 2.48 bits per heavy atom. The molecule has 7 nitrogen and oxygen atoms in total. The molecule has 2 aromatic rings. The van der Waals surface area contributed by atoms with Crippen LogP contribution in [0.4, 0.5) is 5.69 Å². The maximum Gasteiger partial charge on any atom is 0.274 e. The number of carbonyl (C=O) groups is 1. The topological polar surface area (TPSA) is 85.3 Å². The molecule has 152 valence electrons. The maximum absolute atomic E-state index is 12.1. The second kappa shape index (κ2) is 8.17. The van der Waals surface area contributed by atoms with E-state index >= 15 is 0 Å². The summed E-state index contributed by atoms with van der Waals surface area (Å²) in [5.41, 5.74) is 0.770. The lowest BCUT2D eigenvalue weighted by Crippen LogP contribution is -2.37. The molecular weight excluding hydrogens is 412 g/mol. The third kappa shape index (κ3) is 4.47. The van der Waals surface area contributed by atoms with Gasteiger partial charge in [-0.05, 0) is 36.4 Å². The minimum atomic E-state index is -3.11. The average Bonchev–Trinajstić information content (AvgIpc) is 3.14. The summed E-state index contributed by atoms with van der Waals surface area (Å²) in [6.07, 6.45) is 0. The van der Waals surface area contributed by atoms with E-state index in [4.69, 9.17) is 9.47 Å². The fourth-order valence-electron chi connectivity index (χ4n) is 3.43. The average molecular weight is 433 g/mol. The van der Waals surface area contributed by atoms with Crippen LogP contribution in [0, 0.1) is 0 Å². The van der Waals surface area contributed by atoms with E-state index in [1.54, 1.807) is 0 Å². The Balaban J connectivity index is 1.61. The molecule has 4 rings (SSSR count). The lowest BCUT2D eigenvalue weighted by molar-refractivity contribution is -0.121. The van der Waals surface area contributed by atoms with Crippen LogP contribution in [-0.2, 0) is 19.4 Å². The van der Waals surface area contributed by atoms with Crippen molar-refractivity contribution in [2.75, 3.05) is 30.1 Å². The number of amidine groups is 1. The normalized spacial score (nSPS) is 23.9. The maximum atomic E-state index is 12.1. The van der Waals surface area contributed by atoms with Crippen molar-refractivity contribution >= 4 is 38.4 Å². The second-order valence-corrected chi connectivity index (χ2v) is 10.2. The Morgan fingerprint density at radius 1 is 1.10 bits per heavy atom. The molecule has 0 saturated carbocycles. The fraction of sp³-hybridized carbons (Fsp3) is 0.300. The fourth-order valence-corrected chi connectivity index (χ4v) is 7.36. The van der Waals surface area contributed by atoms with E-state index in [0.29, 0.717) is 10.9 Å². The highest BCUT2D eigenvalue weighted by Gasteiger charge is 2.49. The van der Waals surface area contributed by atoms with E-state index in [-0.39, 0.29) is 29.4 Å². The summed E-state index contributed by atoms with van der Waals surface area (Å²) in [4.78, 5) is 18.0. The third-order valence-electron chi connectivity index (χ3n) is 4.65. The molecule has 2 aliphatic heterocycles. The number of para-hydroxylation sites is 1. The van der Waals surface area contributed by atoms with Gasteiger partial charge in [0.25, 0.3) is 5.91 Å². The quantitative estimate of drug-likeness (QED) is 0.718. The van der Waals surface area contributed by atoms with Crippen molar-refractivity contribution in [3.63, 3.8) is 0 Å². The Labute approximate surface area is 173 Å². The lowest BCUT2D eigenvalue weighted by atomic mass is 10.2. The van der Waals surface area contributed by atoms with Gasteiger partial charge in [-0.3, -0.25) is 4.79 Å². The number of benzene rings is 2. The predicted molar refractivity (Wildman–Crippen MR) is 114 cm³/mol. The third-order valence-corrected chi connectivity index (χ3v) is 7.86. The first-order chi connectivity index (χ1) is 13.9. The Kier molecular flexibility index (Phi) is 5.62. The number of hydrogen-bond donors (Lipinski definition) is 0. The SMILES string of the molecule is COCC(=O)N=C1S[C@@H]2CS(=O)(=O)C[C@H]2N1c1ccc(Oc2ccccc2)cc1. The molecule has 0 aromatic heterocycles. The van der Waals surface area contributed by atoms with Crippen molar-refractivity contribution in [3.8, 4) is 11.5 Å². The predicted octanol–water partition coefficient (Wildman–Crippen LogP) is 2.73. The minimum Gasteiger partial charge on any atom is -0.457 e. The zero-order valence-corrected chi connectivity index (χ0v) is 17.4. The number of nitrogens with zero attached hydrogens (tertiary/aromatic N) is 2. The van der Waals surface area contributed by atoms with Crippen LogP contribution in [-0.4, -0.2) is 56.0 Å². The highest BCUT2D eigenvalue weighted by molar-refractivity contribution is 8.16. The molecule has 2 aliphatic rings. The van der Waals surface area contributed by atoms with Crippen LogP contribution in [0.5, 0.6) is 11.5 Å². The zero-order valence-electron chi connectivity index (χ0n) is 15.7. The highest BCUT2D eigenvalue weighted by atomic mass is 32.2. The van der Waals surface area contributed by atoms with E-state index in [1.807, 2.05) is 59.5 Å². The summed E-state index contributed by atoms with van der Waals surface area (Å²) in [7, 11) is -1.67. The van der Waals surface area contributed by atoms with Gasteiger partial charge in [0, 0.05) is 18.0 Å². The standard InChI is InChI=1S/C20H20N2O5S2/c1-26-11-19(23)21-20-22(17-12-29(24,25)13-18(17)28-20)14-7-9-16(10-8-14)27-15-5-3-2-4-6-15/h2-10,17-18H,11-13H2,1H3/t17-,18-/m1/s1. The first-order valence-corrected chi connectivity index (χ1v) is 11.7. The van der Waals surface area contributed by atoms with Crippen LogP contribution in [0.1, 0.15) is 0 Å². The number of rotatable bonds is 5. The summed E-state index contributed by atoms with van der Waals surface area (Å²) >= 11 is 1.34. The summed E-state index contributed by atoms with van der Waals surface area (Å²) in [5, 5.41) is 0.364. The van der Waals surface area contributed by atoms with E-state index < -0.39 is 15.7 Å². The molecule has 2 fully saturated rings. The van der Waals surface area contributed by atoms with Crippen LogP contribution in [0.25, 0.3) is 0 Å². The first kappa shape index (κ1) is 19.9. The van der Waals surface area contributed by atoms with Gasteiger partial charge in [-0.25, -0.2) is 8.42 Å². The van der Waals surface area contributed by atoms with Crippen molar-refractivity contribution in [2.24, 2.45) is 4.99 Å². The van der Waals surface area contributed by atoms with Crippen molar-refractivity contribution in [3.05, 3.63) is 54.6 Å². The molecule has 2 aromatic carbocycles. The number of amides is 1. The lowest BCUT2D eigenvalue weighted by Gasteiger charge is -2.24. The largest absolute Gasteiger partial charge is 0.457 e. The second-order valence-electron chi connectivity index (χ2n) is 6.80. The van der Waals surface area contributed by atoms with E-state index in [9.17, 15) is 13.2 Å². The van der Waals surface area contributed by atoms with Crippen molar-refractivity contribution in [1.29, 1.82) is 0 Å². The highest BCUT2D eigenvalue weighted by Crippen LogP contribution is 2.41. The summed E-state index contributed by atoms with van der Waals surface area (Å²) in [5.74, 6) is 1.13. The van der Waals surface area contributed by atoms with E-state index in [0.717, 1.165) is 11.4 Å². The van der Waals surface area contributed by atoms with Gasteiger partial charge in [-0.15, -0.1) is 0 Å². The molecule has 0 aliphatic carbocycles. The number of sulfone groups is 1. The first-order valence-electron chi connectivity index (χ1n) is 9.05. The van der Waals surface area contributed by atoms with Crippen LogP contribution in [0.2, 0.25) is 0 Å². The van der Waals surface area contributed by atoms with Crippen LogP contribution >= 0.6 is 11.8 Å². The Morgan fingerprint density at radius 2 is 1.79 bits per heavy atom. The van der Waals surface area contributed by atoms with Crippen LogP contribution < -0.4 is 9.64 Å². The molecule has 2 saturated heterocycles. The van der Waals surface area contributed by atoms with Gasteiger partial charge in [0.1, 0.15) is 18.1 Å². The molecule has 0 unspecified atom stereocenters. The van der Waals surface area contributed by atoms with Gasteiger partial charge in [-0.2, -0.15) is 4.99 Å². The number of methoxy groups -OCH3 is 1. The van der Waals surface area contributed by atoms with Crippen molar-refractivity contribution < 1.29 is 22.7 Å². The molecule has 0 bridgehead atoms. The summed E-state index contributed by atoms with van der Waals surface area (Å²) < 4.78 is 34.9. The zero-order chi connectivity index (χ0) is 20.4. The summed E-state index contributed by atoms with van der Waals surface area (Å²) in [6, 6.07) is 16.5. The van der Waals surface area contributed by atoms with E-state index in [1.165, 1.54) is 18.9 Å². The van der Waals surface area contributed by atoms with Gasteiger partial charge >= 0.3 is 0 Å².